The number of hydrogen-bond donors (Lipinski definition) is 3. The van der Waals surface area contributed by atoms with E-state index < -0.39 is 10.0 Å². The Hall–Kier alpha value is -4.16. The van der Waals surface area contributed by atoms with Crippen LogP contribution in [0.2, 0.25) is 0 Å². The molecule has 36 heavy (non-hydrogen) atoms. The molecule has 0 amide bonds. The van der Waals surface area contributed by atoms with Gasteiger partial charge in [0, 0.05) is 23.6 Å². The summed E-state index contributed by atoms with van der Waals surface area (Å²) in [5, 5.41) is 11.8. The molecule has 4 rings (SSSR count). The number of rotatable bonds is 8. The molecule has 0 aliphatic rings. The van der Waals surface area contributed by atoms with E-state index in [0.29, 0.717) is 28.6 Å². The molecule has 0 unspecified atom stereocenters. The van der Waals surface area contributed by atoms with Crippen LogP contribution in [0, 0.1) is 19.7 Å². The zero-order chi connectivity index (χ0) is 25.9. The highest BCUT2D eigenvalue weighted by molar-refractivity contribution is 7.89. The average Bonchev–Trinajstić information content (AvgIpc) is 3.41. The van der Waals surface area contributed by atoms with Gasteiger partial charge in [0.15, 0.2) is 11.6 Å². The highest BCUT2D eigenvalue weighted by Crippen LogP contribution is 2.25. The maximum absolute atomic E-state index is 13.8. The van der Waals surface area contributed by atoms with Crippen LogP contribution in [0.3, 0.4) is 0 Å². The Morgan fingerprint density at radius 1 is 1.08 bits per heavy atom. The number of aromatic nitrogens is 4. The number of nitrogens with one attached hydrogen (secondary N) is 3. The fourth-order valence-corrected chi connectivity index (χ4v) is 4.06. The molecule has 186 valence electrons. The van der Waals surface area contributed by atoms with Crippen molar-refractivity contribution in [1.29, 1.82) is 0 Å². The summed E-state index contributed by atoms with van der Waals surface area (Å²) in [4.78, 5) is 9.27. The van der Waals surface area contributed by atoms with Crippen molar-refractivity contribution >= 4 is 33.2 Å². The van der Waals surface area contributed by atoms with Crippen LogP contribution >= 0.6 is 0 Å². The van der Waals surface area contributed by atoms with E-state index in [0.717, 1.165) is 11.1 Å². The van der Waals surface area contributed by atoms with Gasteiger partial charge in [0.2, 0.25) is 16.0 Å². The van der Waals surface area contributed by atoms with Crippen molar-refractivity contribution in [2.24, 2.45) is 5.10 Å². The molecule has 12 heteroatoms. The van der Waals surface area contributed by atoms with E-state index in [2.05, 4.69) is 35.6 Å². The van der Waals surface area contributed by atoms with Crippen molar-refractivity contribution < 1.29 is 12.8 Å². The van der Waals surface area contributed by atoms with Crippen LogP contribution in [0.5, 0.6) is 0 Å². The van der Waals surface area contributed by atoms with Gasteiger partial charge in [-0.2, -0.15) is 20.2 Å². The molecule has 0 bridgehead atoms. The molecule has 0 atom stereocenters. The highest BCUT2D eigenvalue weighted by Gasteiger charge is 2.15. The lowest BCUT2D eigenvalue weighted by Crippen LogP contribution is -2.18. The second kappa shape index (κ2) is 10.2. The summed E-state index contributed by atoms with van der Waals surface area (Å²) in [6.45, 7) is 5.47. The van der Waals surface area contributed by atoms with Crippen molar-refractivity contribution in [2.45, 2.75) is 25.7 Å². The maximum Gasteiger partial charge on any atom is 0.240 e. The van der Waals surface area contributed by atoms with Crippen LogP contribution in [-0.2, 0) is 10.0 Å². The SMILES string of the molecule is CNS(=O)(=O)c1ccc(C(C)=NNc2nc(Nc3cc(F)ccc3C)nc(-n3cccn3)c2C)cc1. The van der Waals surface area contributed by atoms with Crippen molar-refractivity contribution in [2.75, 3.05) is 17.8 Å². The van der Waals surface area contributed by atoms with E-state index in [1.807, 2.05) is 13.8 Å². The highest BCUT2D eigenvalue weighted by atomic mass is 32.2. The number of nitrogens with zero attached hydrogens (tertiary/aromatic N) is 5. The molecule has 0 aliphatic heterocycles. The molecule has 4 aromatic rings. The summed E-state index contributed by atoms with van der Waals surface area (Å²) in [5.74, 6) is 0.788. The summed E-state index contributed by atoms with van der Waals surface area (Å²) in [6.07, 6.45) is 3.39. The largest absolute Gasteiger partial charge is 0.324 e. The number of hydrogen-bond acceptors (Lipinski definition) is 8. The molecule has 0 fully saturated rings. The van der Waals surface area contributed by atoms with E-state index in [1.54, 1.807) is 48.3 Å². The third kappa shape index (κ3) is 5.39. The molecule has 2 aromatic carbocycles. The van der Waals surface area contributed by atoms with Crippen LogP contribution in [0.25, 0.3) is 5.82 Å². The lowest BCUT2D eigenvalue weighted by molar-refractivity contribution is 0.588. The normalized spacial score (nSPS) is 12.0. The van der Waals surface area contributed by atoms with Crippen molar-refractivity contribution in [1.82, 2.24) is 24.5 Å². The van der Waals surface area contributed by atoms with Gasteiger partial charge in [-0.15, -0.1) is 0 Å². The van der Waals surface area contributed by atoms with Gasteiger partial charge in [-0.3, -0.25) is 5.43 Å². The van der Waals surface area contributed by atoms with Gasteiger partial charge in [-0.25, -0.2) is 22.2 Å². The summed E-state index contributed by atoms with van der Waals surface area (Å²) in [7, 11) is -2.16. The number of hydrazone groups is 1. The predicted molar refractivity (Wildman–Crippen MR) is 137 cm³/mol. The smallest absolute Gasteiger partial charge is 0.240 e. The number of halogens is 1. The van der Waals surface area contributed by atoms with E-state index >= 15 is 0 Å². The molecular weight excluding hydrogens is 483 g/mol. The van der Waals surface area contributed by atoms with E-state index in [9.17, 15) is 12.8 Å². The Labute approximate surface area is 208 Å². The molecule has 3 N–H and O–H groups in total. The lowest BCUT2D eigenvalue weighted by Gasteiger charge is -2.14. The molecule has 10 nitrogen and oxygen atoms in total. The summed E-state index contributed by atoms with van der Waals surface area (Å²) < 4.78 is 41.6. The minimum atomic E-state index is -3.53. The second-order valence-electron chi connectivity index (χ2n) is 7.92. The van der Waals surface area contributed by atoms with Gasteiger partial charge >= 0.3 is 0 Å². The van der Waals surface area contributed by atoms with Crippen molar-refractivity contribution in [3.63, 3.8) is 0 Å². The third-order valence-corrected chi connectivity index (χ3v) is 6.90. The van der Waals surface area contributed by atoms with Gasteiger partial charge in [0.1, 0.15) is 5.82 Å². The standard InChI is InChI=1S/C24H25FN8O2S/c1-15-6-9-19(25)14-21(15)28-24-29-22(16(2)23(30-24)33-13-5-12-27-33)32-31-17(3)18-7-10-20(11-8-18)36(34,35)26-4/h5-14,26H,1-4H3,(H2,28,29,30,32). The Morgan fingerprint density at radius 2 is 1.83 bits per heavy atom. The zero-order valence-electron chi connectivity index (χ0n) is 20.1. The van der Waals surface area contributed by atoms with Gasteiger partial charge < -0.3 is 5.32 Å². The van der Waals surface area contributed by atoms with E-state index in [1.165, 1.54) is 31.3 Å². The van der Waals surface area contributed by atoms with E-state index in [4.69, 9.17) is 0 Å². The minimum absolute atomic E-state index is 0.161. The van der Waals surface area contributed by atoms with Crippen molar-refractivity contribution in [3.8, 4) is 5.82 Å². The van der Waals surface area contributed by atoms with Gasteiger partial charge in [0.25, 0.3) is 0 Å². The summed E-state index contributed by atoms with van der Waals surface area (Å²) >= 11 is 0. The van der Waals surface area contributed by atoms with Gasteiger partial charge in [-0.05, 0) is 69.3 Å². The summed E-state index contributed by atoms with van der Waals surface area (Å²) in [5.41, 5.74) is 6.36. The fourth-order valence-electron chi connectivity index (χ4n) is 3.33. The van der Waals surface area contributed by atoms with E-state index in [-0.39, 0.29) is 16.7 Å². The molecular formula is C24H25FN8O2S. The Morgan fingerprint density at radius 3 is 2.50 bits per heavy atom. The fraction of sp³-hybridized carbons (Fsp3) is 0.167. The monoisotopic (exact) mass is 508 g/mol. The van der Waals surface area contributed by atoms with Crippen LogP contribution in [0.1, 0.15) is 23.6 Å². The number of aryl methyl sites for hydroxylation is 1. The zero-order valence-corrected chi connectivity index (χ0v) is 20.9. The topological polar surface area (TPSA) is 126 Å². The first kappa shape index (κ1) is 24.9. The lowest BCUT2D eigenvalue weighted by atomic mass is 10.1. The molecule has 0 saturated heterocycles. The van der Waals surface area contributed by atoms with Crippen LogP contribution in [0.15, 0.2) is 70.9 Å². The minimum Gasteiger partial charge on any atom is -0.324 e. The van der Waals surface area contributed by atoms with Gasteiger partial charge in [0.05, 0.1) is 10.6 Å². The Balaban J connectivity index is 1.67. The third-order valence-electron chi connectivity index (χ3n) is 5.47. The average molecular weight is 509 g/mol. The molecule has 0 saturated carbocycles. The molecule has 2 aromatic heterocycles. The molecule has 0 spiro atoms. The van der Waals surface area contributed by atoms with Crippen LogP contribution in [0.4, 0.5) is 21.8 Å². The number of anilines is 3. The molecule has 0 aliphatic carbocycles. The second-order valence-corrected chi connectivity index (χ2v) is 9.81. The molecule has 2 heterocycles. The van der Waals surface area contributed by atoms with Crippen LogP contribution < -0.4 is 15.5 Å². The molecule has 0 radical (unpaired) electrons. The first-order valence-corrected chi connectivity index (χ1v) is 12.4. The Kier molecular flexibility index (Phi) is 7.08. The quantitative estimate of drug-likeness (QED) is 0.243. The van der Waals surface area contributed by atoms with Crippen LogP contribution in [-0.4, -0.2) is 40.9 Å². The first-order valence-electron chi connectivity index (χ1n) is 10.9. The van der Waals surface area contributed by atoms with Gasteiger partial charge in [-0.1, -0.05) is 18.2 Å². The first-order chi connectivity index (χ1) is 17.2. The van der Waals surface area contributed by atoms with Crippen molar-refractivity contribution in [3.05, 3.63) is 83.4 Å². The number of sulfonamides is 1. The maximum atomic E-state index is 13.8. The predicted octanol–water partition coefficient (Wildman–Crippen LogP) is 3.91. The Bertz CT molecular complexity index is 1520. The summed E-state index contributed by atoms with van der Waals surface area (Å²) in [6, 6.07) is 12.6. The number of benzene rings is 2.